The summed E-state index contributed by atoms with van der Waals surface area (Å²) in [5, 5.41) is 5.69. The Hall–Kier alpha value is -1.70. The number of carbonyl (C=O) groups is 1. The summed E-state index contributed by atoms with van der Waals surface area (Å²) in [4.78, 5) is 19.4. The molecule has 0 aliphatic carbocycles. The molecule has 2 aromatic heterocycles. The number of furan rings is 1. The molecule has 1 N–H and O–H groups in total. The quantitative estimate of drug-likeness (QED) is 0.870. The van der Waals surface area contributed by atoms with Crippen molar-refractivity contribution in [1.29, 1.82) is 0 Å². The summed E-state index contributed by atoms with van der Waals surface area (Å²) >= 11 is 1.44. The second-order valence-electron chi connectivity index (χ2n) is 7.23. The number of hydrogen-bond donors (Lipinski definition) is 1. The molecule has 2 aliphatic rings. The molecule has 7 heteroatoms. The summed E-state index contributed by atoms with van der Waals surface area (Å²) in [5.41, 5.74) is 0.476. The second kappa shape index (κ2) is 7.90. The molecule has 0 radical (unpaired) electrons. The Balaban J connectivity index is 1.27. The molecule has 4 heterocycles. The average Bonchev–Trinajstić information content (AvgIpc) is 3.37. The van der Waals surface area contributed by atoms with Crippen LogP contribution in [0.3, 0.4) is 0 Å². The molecule has 0 spiro atoms. The summed E-state index contributed by atoms with van der Waals surface area (Å²) < 4.78 is 11.0. The predicted molar refractivity (Wildman–Crippen MR) is 100 cm³/mol. The Morgan fingerprint density at radius 1 is 1.35 bits per heavy atom. The van der Waals surface area contributed by atoms with Gasteiger partial charge in [0.25, 0.3) is 5.91 Å². The fourth-order valence-corrected chi connectivity index (χ4v) is 4.41. The Bertz CT molecular complexity index is 743. The highest BCUT2D eigenvalue weighted by Crippen LogP contribution is 2.25. The van der Waals surface area contributed by atoms with E-state index < -0.39 is 0 Å². The Kier molecular flexibility index (Phi) is 5.38. The van der Waals surface area contributed by atoms with Crippen molar-refractivity contribution >= 4 is 17.2 Å². The van der Waals surface area contributed by atoms with E-state index in [0.717, 1.165) is 62.2 Å². The van der Waals surface area contributed by atoms with Crippen LogP contribution in [0.2, 0.25) is 0 Å². The van der Waals surface area contributed by atoms with Gasteiger partial charge in [0.2, 0.25) is 0 Å². The number of thiazole rings is 1. The van der Waals surface area contributed by atoms with Crippen LogP contribution in [0, 0.1) is 12.8 Å². The highest BCUT2D eigenvalue weighted by atomic mass is 32.1. The molecule has 6 nitrogen and oxygen atoms in total. The van der Waals surface area contributed by atoms with Crippen LogP contribution >= 0.6 is 11.3 Å². The van der Waals surface area contributed by atoms with Crippen molar-refractivity contribution in [2.75, 3.05) is 32.8 Å². The second-order valence-corrected chi connectivity index (χ2v) is 8.08. The number of aryl methyl sites for hydroxylation is 1. The molecule has 0 saturated carbocycles. The first-order chi connectivity index (χ1) is 12.7. The number of piperidine rings is 1. The molecule has 0 bridgehead atoms. The van der Waals surface area contributed by atoms with Gasteiger partial charge in [-0.05, 0) is 44.2 Å². The maximum Gasteiger partial charge on any atom is 0.270 e. The lowest BCUT2D eigenvalue weighted by atomic mass is 10.0. The summed E-state index contributed by atoms with van der Waals surface area (Å²) in [5.74, 6) is 2.16. The van der Waals surface area contributed by atoms with E-state index in [1.165, 1.54) is 17.8 Å². The van der Waals surface area contributed by atoms with Gasteiger partial charge >= 0.3 is 0 Å². The van der Waals surface area contributed by atoms with Crippen molar-refractivity contribution in [3.63, 3.8) is 0 Å². The van der Waals surface area contributed by atoms with E-state index in [1.54, 1.807) is 5.38 Å². The van der Waals surface area contributed by atoms with Crippen molar-refractivity contribution in [2.24, 2.45) is 5.92 Å². The monoisotopic (exact) mass is 375 g/mol. The van der Waals surface area contributed by atoms with Gasteiger partial charge in [-0.1, -0.05) is 0 Å². The van der Waals surface area contributed by atoms with Crippen LogP contribution in [-0.2, 0) is 4.74 Å². The maximum atomic E-state index is 12.5. The van der Waals surface area contributed by atoms with E-state index in [-0.39, 0.29) is 11.9 Å². The maximum absolute atomic E-state index is 12.5. The zero-order valence-corrected chi connectivity index (χ0v) is 15.9. The predicted octanol–water partition coefficient (Wildman–Crippen LogP) is 2.94. The Labute approximate surface area is 157 Å². The van der Waals surface area contributed by atoms with Crippen molar-refractivity contribution in [2.45, 2.75) is 32.2 Å². The lowest BCUT2D eigenvalue weighted by Gasteiger charge is -2.33. The van der Waals surface area contributed by atoms with E-state index in [2.05, 4.69) is 15.2 Å². The highest BCUT2D eigenvalue weighted by molar-refractivity contribution is 7.13. The molecule has 2 saturated heterocycles. The molecular formula is C19H25N3O3S. The molecule has 2 aliphatic heterocycles. The van der Waals surface area contributed by atoms with Crippen LogP contribution in [0.25, 0.3) is 10.8 Å². The molecule has 26 heavy (non-hydrogen) atoms. The number of ether oxygens (including phenoxy) is 1. The fourth-order valence-electron chi connectivity index (χ4n) is 3.65. The number of nitrogens with one attached hydrogen (secondary N) is 1. The smallest absolute Gasteiger partial charge is 0.270 e. The molecular weight excluding hydrogens is 350 g/mol. The molecule has 2 aromatic rings. The molecule has 0 aromatic carbocycles. The first kappa shape index (κ1) is 17.7. The van der Waals surface area contributed by atoms with E-state index in [4.69, 9.17) is 9.15 Å². The van der Waals surface area contributed by atoms with Crippen LogP contribution in [0.1, 0.15) is 35.5 Å². The van der Waals surface area contributed by atoms with E-state index in [0.29, 0.717) is 11.6 Å². The van der Waals surface area contributed by atoms with Gasteiger partial charge in [0, 0.05) is 37.7 Å². The molecule has 4 rings (SSSR count). The van der Waals surface area contributed by atoms with Crippen molar-refractivity contribution in [1.82, 2.24) is 15.2 Å². The fraction of sp³-hybridized carbons (Fsp3) is 0.579. The highest BCUT2D eigenvalue weighted by Gasteiger charge is 2.25. The summed E-state index contributed by atoms with van der Waals surface area (Å²) in [7, 11) is 0. The van der Waals surface area contributed by atoms with Gasteiger partial charge in [-0.3, -0.25) is 4.79 Å². The van der Waals surface area contributed by atoms with Crippen molar-refractivity contribution in [3.8, 4) is 10.8 Å². The SMILES string of the molecule is Cc1ccc(-c2nc(C(=O)NC3CCN(CC4CCOC4)CC3)cs2)o1. The third kappa shape index (κ3) is 4.16. The van der Waals surface area contributed by atoms with Crippen LogP contribution < -0.4 is 5.32 Å². The average molecular weight is 375 g/mol. The van der Waals surface area contributed by atoms with Crippen LogP contribution in [-0.4, -0.2) is 54.7 Å². The summed E-state index contributed by atoms with van der Waals surface area (Å²) in [6, 6.07) is 4.03. The van der Waals surface area contributed by atoms with Gasteiger partial charge in [-0.2, -0.15) is 0 Å². The Morgan fingerprint density at radius 2 is 2.19 bits per heavy atom. The lowest BCUT2D eigenvalue weighted by Crippen LogP contribution is -2.45. The van der Waals surface area contributed by atoms with Crippen molar-refractivity contribution in [3.05, 3.63) is 29.0 Å². The molecule has 2 fully saturated rings. The first-order valence-corrected chi connectivity index (χ1v) is 10.2. The third-order valence-electron chi connectivity index (χ3n) is 5.15. The minimum Gasteiger partial charge on any atom is -0.459 e. The number of nitrogens with zero attached hydrogens (tertiary/aromatic N) is 2. The van der Waals surface area contributed by atoms with E-state index in [9.17, 15) is 4.79 Å². The molecule has 140 valence electrons. The summed E-state index contributed by atoms with van der Waals surface area (Å²) in [6.45, 7) is 6.91. The number of aromatic nitrogens is 1. The number of rotatable bonds is 5. The largest absolute Gasteiger partial charge is 0.459 e. The minimum atomic E-state index is -0.0848. The number of likely N-dealkylation sites (tertiary alicyclic amines) is 1. The molecule has 1 amide bonds. The zero-order chi connectivity index (χ0) is 17.9. The topological polar surface area (TPSA) is 67.6 Å². The third-order valence-corrected chi connectivity index (χ3v) is 6.01. The van der Waals surface area contributed by atoms with Gasteiger partial charge in [0.15, 0.2) is 10.8 Å². The van der Waals surface area contributed by atoms with Gasteiger partial charge in [-0.15, -0.1) is 11.3 Å². The first-order valence-electron chi connectivity index (χ1n) is 9.30. The number of carbonyl (C=O) groups excluding carboxylic acids is 1. The lowest BCUT2D eigenvalue weighted by molar-refractivity contribution is 0.0899. The normalized spacial score (nSPS) is 22.0. The molecule has 1 unspecified atom stereocenters. The van der Waals surface area contributed by atoms with Gasteiger partial charge in [0.1, 0.15) is 11.5 Å². The van der Waals surface area contributed by atoms with Crippen LogP contribution in [0.4, 0.5) is 0 Å². The Morgan fingerprint density at radius 3 is 2.88 bits per heavy atom. The minimum absolute atomic E-state index is 0.0848. The van der Waals surface area contributed by atoms with Gasteiger partial charge in [-0.25, -0.2) is 4.98 Å². The van der Waals surface area contributed by atoms with Gasteiger partial charge < -0.3 is 19.4 Å². The van der Waals surface area contributed by atoms with E-state index >= 15 is 0 Å². The van der Waals surface area contributed by atoms with Crippen LogP contribution in [0.15, 0.2) is 21.9 Å². The summed E-state index contributed by atoms with van der Waals surface area (Å²) in [6.07, 6.45) is 3.17. The molecule has 1 atom stereocenters. The van der Waals surface area contributed by atoms with Crippen molar-refractivity contribution < 1.29 is 13.9 Å². The number of amides is 1. The van der Waals surface area contributed by atoms with Crippen LogP contribution in [0.5, 0.6) is 0 Å². The van der Waals surface area contributed by atoms with Gasteiger partial charge in [0.05, 0.1) is 6.61 Å². The number of hydrogen-bond acceptors (Lipinski definition) is 6. The standard InChI is InChI=1S/C19H25N3O3S/c1-13-2-3-17(25-13)19-21-16(12-26-19)18(23)20-15-4-7-22(8-5-15)10-14-6-9-24-11-14/h2-3,12,14-15H,4-11H2,1H3,(H,20,23). The zero-order valence-electron chi connectivity index (χ0n) is 15.1. The van der Waals surface area contributed by atoms with E-state index in [1.807, 2.05) is 19.1 Å².